The number of carbonyl (C=O) groups is 2. The van der Waals surface area contributed by atoms with Gasteiger partial charge in [-0.15, -0.1) is 0 Å². The monoisotopic (exact) mass is 371 g/mol. The van der Waals surface area contributed by atoms with E-state index >= 15 is 0 Å². The molecule has 0 bridgehead atoms. The maximum atomic E-state index is 12.8. The number of hydrogen-bond donors (Lipinski definition) is 1. The van der Waals surface area contributed by atoms with E-state index in [2.05, 4.69) is 10.3 Å². The van der Waals surface area contributed by atoms with Crippen molar-refractivity contribution in [3.63, 3.8) is 0 Å². The number of aromatic nitrogens is 1. The molecular weight excluding hydrogens is 350 g/mol. The molecule has 1 aliphatic rings. The zero-order valence-corrected chi connectivity index (χ0v) is 15.7. The molecule has 5 heteroatoms. The molecule has 3 aromatic rings. The van der Waals surface area contributed by atoms with Crippen LogP contribution in [0, 0.1) is 6.92 Å². The number of benzene rings is 2. The Kier molecular flexibility index (Phi) is 4.89. The Bertz CT molecular complexity index is 1030. The lowest BCUT2D eigenvalue weighted by Gasteiger charge is -2.18. The van der Waals surface area contributed by atoms with Crippen LogP contribution in [-0.4, -0.2) is 23.3 Å². The zero-order valence-electron chi connectivity index (χ0n) is 15.7. The molecule has 4 rings (SSSR count). The number of nitrogens with zero attached hydrogens (tertiary/aromatic N) is 2. The van der Waals surface area contributed by atoms with Crippen LogP contribution in [0.25, 0.3) is 0 Å². The van der Waals surface area contributed by atoms with Gasteiger partial charge in [-0.25, -0.2) is 0 Å². The van der Waals surface area contributed by atoms with Gasteiger partial charge in [-0.1, -0.05) is 35.9 Å². The number of hydrogen-bond acceptors (Lipinski definition) is 3. The predicted octanol–water partition coefficient (Wildman–Crippen LogP) is 3.77. The van der Waals surface area contributed by atoms with Crippen molar-refractivity contribution in [3.8, 4) is 0 Å². The summed E-state index contributed by atoms with van der Waals surface area (Å²) >= 11 is 0. The van der Waals surface area contributed by atoms with Crippen molar-refractivity contribution in [2.45, 2.75) is 19.8 Å². The van der Waals surface area contributed by atoms with Gasteiger partial charge >= 0.3 is 0 Å². The highest BCUT2D eigenvalue weighted by Gasteiger charge is 2.26. The number of aryl methyl sites for hydroxylation is 1. The van der Waals surface area contributed by atoms with E-state index in [1.165, 1.54) is 0 Å². The number of anilines is 2. The summed E-state index contributed by atoms with van der Waals surface area (Å²) in [6, 6.07) is 17.1. The minimum absolute atomic E-state index is 0.0515. The molecule has 0 atom stereocenters. The fraction of sp³-hybridized carbons (Fsp3) is 0.174. The minimum Gasteiger partial charge on any atom is -0.326 e. The van der Waals surface area contributed by atoms with Gasteiger partial charge in [0, 0.05) is 35.9 Å². The second-order valence-corrected chi connectivity index (χ2v) is 7.00. The summed E-state index contributed by atoms with van der Waals surface area (Å²) in [6.45, 7) is 2.65. The molecule has 0 aliphatic carbocycles. The quantitative estimate of drug-likeness (QED) is 0.759. The average Bonchev–Trinajstić information content (AvgIpc) is 3.11. The first-order valence-electron chi connectivity index (χ1n) is 9.30. The highest BCUT2D eigenvalue weighted by molar-refractivity contribution is 6.07. The summed E-state index contributed by atoms with van der Waals surface area (Å²) in [6.07, 6.45) is 4.36. The van der Waals surface area contributed by atoms with Gasteiger partial charge in [-0.2, -0.15) is 0 Å². The maximum Gasteiger partial charge on any atom is 0.258 e. The molecule has 140 valence electrons. The van der Waals surface area contributed by atoms with E-state index in [0.29, 0.717) is 24.2 Å². The largest absolute Gasteiger partial charge is 0.326 e. The van der Waals surface area contributed by atoms with E-state index in [9.17, 15) is 9.59 Å². The van der Waals surface area contributed by atoms with E-state index in [1.807, 2.05) is 49.4 Å². The van der Waals surface area contributed by atoms with Crippen LogP contribution in [0.5, 0.6) is 0 Å². The molecule has 1 aliphatic heterocycles. The van der Waals surface area contributed by atoms with Gasteiger partial charge < -0.3 is 10.2 Å². The molecule has 2 aromatic carbocycles. The Labute approximate surface area is 164 Å². The van der Waals surface area contributed by atoms with Crippen LogP contribution in [0.4, 0.5) is 11.4 Å². The first-order valence-corrected chi connectivity index (χ1v) is 9.30. The van der Waals surface area contributed by atoms with Crippen molar-refractivity contribution < 1.29 is 9.59 Å². The molecule has 0 spiro atoms. The average molecular weight is 371 g/mol. The normalized spacial score (nSPS) is 12.5. The van der Waals surface area contributed by atoms with Crippen LogP contribution in [0.15, 0.2) is 67.0 Å². The maximum absolute atomic E-state index is 12.8. The molecule has 0 fully saturated rings. The molecule has 0 unspecified atom stereocenters. The van der Waals surface area contributed by atoms with Crippen LogP contribution < -0.4 is 10.2 Å². The third-order valence-electron chi connectivity index (χ3n) is 4.88. The smallest absolute Gasteiger partial charge is 0.258 e. The summed E-state index contributed by atoms with van der Waals surface area (Å²) in [7, 11) is 0. The number of carbonyl (C=O) groups excluding carboxylic acids is 2. The van der Waals surface area contributed by atoms with Gasteiger partial charge in [0.15, 0.2) is 0 Å². The zero-order chi connectivity index (χ0) is 19.5. The molecule has 0 saturated carbocycles. The number of rotatable bonds is 4. The van der Waals surface area contributed by atoms with Gasteiger partial charge in [0.05, 0.1) is 6.42 Å². The Hall–Kier alpha value is -3.47. The third-order valence-corrected chi connectivity index (χ3v) is 4.88. The molecule has 2 heterocycles. The van der Waals surface area contributed by atoms with Crippen molar-refractivity contribution in [3.05, 3.63) is 89.2 Å². The lowest BCUT2D eigenvalue weighted by atomic mass is 10.1. The van der Waals surface area contributed by atoms with Crippen molar-refractivity contribution in [1.82, 2.24) is 4.98 Å². The van der Waals surface area contributed by atoms with E-state index in [4.69, 9.17) is 0 Å². The second-order valence-electron chi connectivity index (χ2n) is 7.00. The van der Waals surface area contributed by atoms with Gasteiger partial charge in [-0.05, 0) is 48.7 Å². The Balaban J connectivity index is 1.50. The molecule has 1 aromatic heterocycles. The fourth-order valence-corrected chi connectivity index (χ4v) is 3.53. The molecule has 28 heavy (non-hydrogen) atoms. The summed E-state index contributed by atoms with van der Waals surface area (Å²) in [5.41, 5.74) is 5.39. The first kappa shape index (κ1) is 17.9. The summed E-state index contributed by atoms with van der Waals surface area (Å²) in [5.74, 6) is -0.125. The van der Waals surface area contributed by atoms with Gasteiger partial charge in [-0.3, -0.25) is 14.6 Å². The summed E-state index contributed by atoms with van der Waals surface area (Å²) in [5, 5.41) is 2.95. The lowest BCUT2D eigenvalue weighted by Crippen LogP contribution is -2.29. The number of amides is 2. The molecule has 0 saturated heterocycles. The third kappa shape index (κ3) is 3.78. The van der Waals surface area contributed by atoms with Crippen molar-refractivity contribution in [2.24, 2.45) is 0 Å². The van der Waals surface area contributed by atoms with Crippen molar-refractivity contribution in [2.75, 3.05) is 16.8 Å². The Morgan fingerprint density at radius 1 is 1.07 bits per heavy atom. The van der Waals surface area contributed by atoms with Crippen LogP contribution in [0.3, 0.4) is 0 Å². The van der Waals surface area contributed by atoms with Crippen LogP contribution >= 0.6 is 0 Å². The van der Waals surface area contributed by atoms with E-state index in [-0.39, 0.29) is 11.8 Å². The van der Waals surface area contributed by atoms with Gasteiger partial charge in [0.2, 0.25) is 5.91 Å². The minimum atomic E-state index is -0.0736. The fourth-order valence-electron chi connectivity index (χ4n) is 3.53. The number of pyridine rings is 1. The van der Waals surface area contributed by atoms with E-state index < -0.39 is 0 Å². The van der Waals surface area contributed by atoms with Crippen molar-refractivity contribution >= 4 is 23.2 Å². The molecule has 5 nitrogen and oxygen atoms in total. The summed E-state index contributed by atoms with van der Waals surface area (Å²) in [4.78, 5) is 31.0. The highest BCUT2D eigenvalue weighted by Crippen LogP contribution is 2.32. The van der Waals surface area contributed by atoms with Crippen LogP contribution in [-0.2, 0) is 17.6 Å². The van der Waals surface area contributed by atoms with Crippen LogP contribution in [0.2, 0.25) is 0 Å². The van der Waals surface area contributed by atoms with E-state index in [0.717, 1.165) is 28.8 Å². The van der Waals surface area contributed by atoms with Crippen molar-refractivity contribution in [1.29, 1.82) is 0 Å². The highest BCUT2D eigenvalue weighted by atomic mass is 16.2. The van der Waals surface area contributed by atoms with Gasteiger partial charge in [0.1, 0.15) is 0 Å². The Morgan fingerprint density at radius 3 is 2.68 bits per heavy atom. The van der Waals surface area contributed by atoms with Crippen LogP contribution in [0.1, 0.15) is 27.0 Å². The summed E-state index contributed by atoms with van der Waals surface area (Å²) < 4.78 is 0. The lowest BCUT2D eigenvalue weighted by molar-refractivity contribution is -0.115. The SMILES string of the molecule is Cc1cccc(CC(=O)Nc2ccc3c(c2)N(C(=O)c2ccncc2)CC3)c1. The number of nitrogens with one attached hydrogen (secondary N) is 1. The predicted molar refractivity (Wildman–Crippen MR) is 110 cm³/mol. The molecule has 2 amide bonds. The first-order chi connectivity index (χ1) is 13.6. The van der Waals surface area contributed by atoms with Gasteiger partial charge in [0.25, 0.3) is 5.91 Å². The number of fused-ring (bicyclic) bond motifs is 1. The molecular formula is C23H21N3O2. The van der Waals surface area contributed by atoms with E-state index in [1.54, 1.807) is 29.4 Å². The standard InChI is InChI=1S/C23H21N3O2/c1-16-3-2-4-17(13-16)14-22(27)25-20-6-5-18-9-12-26(21(18)15-20)23(28)19-7-10-24-11-8-19/h2-8,10-11,13,15H,9,12,14H2,1H3,(H,25,27). The molecule has 0 radical (unpaired) electrons. The Morgan fingerprint density at radius 2 is 1.89 bits per heavy atom. The molecule has 1 N–H and O–H groups in total. The topological polar surface area (TPSA) is 62.3 Å². The second kappa shape index (κ2) is 7.64.